The van der Waals surface area contributed by atoms with Gasteiger partial charge in [0.05, 0.1) is 7.11 Å². The predicted molar refractivity (Wildman–Crippen MR) is 114 cm³/mol. The van der Waals surface area contributed by atoms with Gasteiger partial charge in [-0.2, -0.15) is 0 Å². The molecule has 156 valence electrons. The molecule has 0 unspecified atom stereocenters. The molecule has 1 aliphatic rings. The van der Waals surface area contributed by atoms with Crippen molar-refractivity contribution in [3.05, 3.63) is 24.3 Å². The summed E-state index contributed by atoms with van der Waals surface area (Å²) in [5, 5.41) is 15.1. The molecule has 7 nitrogen and oxygen atoms in total. The summed E-state index contributed by atoms with van der Waals surface area (Å²) in [6.07, 6.45) is 5.15. The van der Waals surface area contributed by atoms with Crippen molar-refractivity contribution >= 4 is 28.3 Å². The van der Waals surface area contributed by atoms with E-state index in [1.165, 1.54) is 17.8 Å². The molecule has 2 aromatic rings. The number of hydrogen-bond donors (Lipinski definition) is 2. The van der Waals surface area contributed by atoms with Gasteiger partial charge in [0.2, 0.25) is 16.9 Å². The van der Waals surface area contributed by atoms with Crippen LogP contribution >= 0.6 is 11.3 Å². The highest BCUT2D eigenvalue weighted by molar-refractivity contribution is 7.18. The molecule has 1 aromatic heterocycles. The first-order valence-corrected chi connectivity index (χ1v) is 10.9. The number of nitrogens with zero attached hydrogens (tertiary/aromatic N) is 2. The zero-order valence-corrected chi connectivity index (χ0v) is 17.9. The minimum atomic E-state index is -0.599. The van der Waals surface area contributed by atoms with E-state index in [-0.39, 0.29) is 23.7 Å². The molecule has 1 aromatic carbocycles. The lowest BCUT2D eigenvalue weighted by atomic mass is 9.88. The average molecular weight is 417 g/mol. The SMILES string of the molecule is COc1ccc(-c2nnc(NC(=O)[C@@H](NC(=O)C3CCCCC3)C(C)C)s2)cc1. The molecule has 2 N–H and O–H groups in total. The van der Waals surface area contributed by atoms with Crippen molar-refractivity contribution < 1.29 is 14.3 Å². The lowest BCUT2D eigenvalue weighted by molar-refractivity contribution is -0.130. The number of methoxy groups -OCH3 is 1. The van der Waals surface area contributed by atoms with Gasteiger partial charge in [-0.25, -0.2) is 0 Å². The molecule has 8 heteroatoms. The number of hydrogen-bond acceptors (Lipinski definition) is 6. The summed E-state index contributed by atoms with van der Waals surface area (Å²) in [4.78, 5) is 25.4. The highest BCUT2D eigenvalue weighted by atomic mass is 32.1. The number of carbonyl (C=O) groups is 2. The van der Waals surface area contributed by atoms with Crippen LogP contribution in [0.4, 0.5) is 5.13 Å². The number of nitrogens with one attached hydrogen (secondary N) is 2. The maximum atomic E-state index is 12.8. The van der Waals surface area contributed by atoms with E-state index in [1.54, 1.807) is 7.11 Å². The summed E-state index contributed by atoms with van der Waals surface area (Å²) < 4.78 is 5.16. The molecule has 1 aliphatic carbocycles. The fraction of sp³-hybridized carbons (Fsp3) is 0.524. The van der Waals surface area contributed by atoms with Crippen molar-refractivity contribution in [3.63, 3.8) is 0 Å². The average Bonchev–Trinajstić information content (AvgIpc) is 3.20. The van der Waals surface area contributed by atoms with Crippen LogP contribution in [0.2, 0.25) is 0 Å². The maximum absolute atomic E-state index is 12.8. The Morgan fingerprint density at radius 3 is 2.41 bits per heavy atom. The lowest BCUT2D eigenvalue weighted by Crippen LogP contribution is -2.49. The van der Waals surface area contributed by atoms with Crippen molar-refractivity contribution in [1.29, 1.82) is 0 Å². The molecule has 1 fully saturated rings. The molecule has 1 heterocycles. The number of aromatic nitrogens is 2. The topological polar surface area (TPSA) is 93.2 Å². The predicted octanol–water partition coefficient (Wildman–Crippen LogP) is 3.87. The van der Waals surface area contributed by atoms with E-state index in [0.717, 1.165) is 37.0 Å². The van der Waals surface area contributed by atoms with Crippen LogP contribution in [0.15, 0.2) is 24.3 Å². The number of amides is 2. The Bertz CT molecular complexity index is 829. The van der Waals surface area contributed by atoms with E-state index >= 15 is 0 Å². The molecular weight excluding hydrogens is 388 g/mol. The Kier molecular flexibility index (Phi) is 7.19. The van der Waals surface area contributed by atoms with E-state index in [0.29, 0.717) is 10.1 Å². The second-order valence-corrected chi connectivity index (χ2v) is 8.67. The molecule has 1 atom stereocenters. The van der Waals surface area contributed by atoms with E-state index in [4.69, 9.17) is 4.74 Å². The van der Waals surface area contributed by atoms with E-state index < -0.39 is 6.04 Å². The summed E-state index contributed by atoms with van der Waals surface area (Å²) >= 11 is 1.30. The third-order valence-corrected chi connectivity index (χ3v) is 6.10. The fourth-order valence-corrected chi connectivity index (χ4v) is 4.23. The number of anilines is 1. The largest absolute Gasteiger partial charge is 0.497 e. The molecule has 0 aliphatic heterocycles. The van der Waals surface area contributed by atoms with Gasteiger partial charge in [0.15, 0.2) is 0 Å². The smallest absolute Gasteiger partial charge is 0.249 e. The summed E-state index contributed by atoms with van der Waals surface area (Å²) in [5.41, 5.74) is 0.898. The van der Waals surface area contributed by atoms with Crippen molar-refractivity contribution in [2.45, 2.75) is 52.0 Å². The van der Waals surface area contributed by atoms with Crippen LogP contribution in [-0.2, 0) is 9.59 Å². The van der Waals surface area contributed by atoms with Gasteiger partial charge in [0.1, 0.15) is 16.8 Å². The summed E-state index contributed by atoms with van der Waals surface area (Å²) in [6, 6.07) is 6.89. The van der Waals surface area contributed by atoms with Gasteiger partial charge in [-0.1, -0.05) is 44.4 Å². The minimum absolute atomic E-state index is 0.0148. The molecule has 0 bridgehead atoms. The van der Waals surface area contributed by atoms with Crippen molar-refractivity contribution in [2.75, 3.05) is 12.4 Å². The molecule has 3 rings (SSSR count). The third-order valence-electron chi connectivity index (χ3n) is 5.21. The first kappa shape index (κ1) is 21.2. The van der Waals surface area contributed by atoms with Gasteiger partial charge in [-0.15, -0.1) is 10.2 Å². The fourth-order valence-electron chi connectivity index (χ4n) is 3.48. The van der Waals surface area contributed by atoms with Crippen LogP contribution in [0.3, 0.4) is 0 Å². The zero-order valence-electron chi connectivity index (χ0n) is 17.1. The van der Waals surface area contributed by atoms with Crippen molar-refractivity contribution in [2.24, 2.45) is 11.8 Å². The van der Waals surface area contributed by atoms with Crippen molar-refractivity contribution in [3.8, 4) is 16.3 Å². The van der Waals surface area contributed by atoms with Crippen LogP contribution < -0.4 is 15.4 Å². The third kappa shape index (κ3) is 5.53. The van der Waals surface area contributed by atoms with Crippen LogP contribution in [0.25, 0.3) is 10.6 Å². The number of carbonyl (C=O) groups excluding carboxylic acids is 2. The summed E-state index contributed by atoms with van der Waals surface area (Å²) in [5.74, 6) is 0.467. The van der Waals surface area contributed by atoms with E-state index in [1.807, 2.05) is 38.1 Å². The monoisotopic (exact) mass is 416 g/mol. The van der Waals surface area contributed by atoms with E-state index in [9.17, 15) is 9.59 Å². The molecule has 2 amide bonds. The highest BCUT2D eigenvalue weighted by Crippen LogP contribution is 2.28. The van der Waals surface area contributed by atoms with Gasteiger partial charge in [0, 0.05) is 11.5 Å². The number of ether oxygens (including phenoxy) is 1. The number of benzene rings is 1. The van der Waals surface area contributed by atoms with E-state index in [2.05, 4.69) is 20.8 Å². The van der Waals surface area contributed by atoms with Crippen LogP contribution in [-0.4, -0.2) is 35.2 Å². The summed E-state index contributed by atoms with van der Waals surface area (Å²) in [7, 11) is 1.62. The molecule has 0 saturated heterocycles. The Labute approximate surface area is 175 Å². The first-order chi connectivity index (χ1) is 14.0. The van der Waals surface area contributed by atoms with Gasteiger partial charge in [-0.3, -0.25) is 14.9 Å². The molecule has 1 saturated carbocycles. The minimum Gasteiger partial charge on any atom is -0.497 e. The Morgan fingerprint density at radius 1 is 1.10 bits per heavy atom. The Balaban J connectivity index is 1.63. The molecule has 29 heavy (non-hydrogen) atoms. The van der Waals surface area contributed by atoms with Gasteiger partial charge in [0.25, 0.3) is 0 Å². The molecular formula is C21H28N4O3S. The molecule has 0 radical (unpaired) electrons. The Morgan fingerprint density at radius 2 is 1.79 bits per heavy atom. The van der Waals surface area contributed by atoms with Crippen LogP contribution in [0, 0.1) is 11.8 Å². The van der Waals surface area contributed by atoms with Gasteiger partial charge in [-0.05, 0) is 43.0 Å². The van der Waals surface area contributed by atoms with Crippen LogP contribution in [0.1, 0.15) is 46.0 Å². The number of rotatable bonds is 7. The zero-order chi connectivity index (χ0) is 20.8. The summed E-state index contributed by atoms with van der Waals surface area (Å²) in [6.45, 7) is 3.85. The highest BCUT2D eigenvalue weighted by Gasteiger charge is 2.29. The lowest BCUT2D eigenvalue weighted by Gasteiger charge is -2.26. The normalized spacial score (nSPS) is 15.7. The second kappa shape index (κ2) is 9.82. The standard InChI is InChI=1S/C21H28N4O3S/c1-13(2)17(22-18(26)14-7-5-4-6-8-14)19(27)23-21-25-24-20(29-21)15-9-11-16(28-3)12-10-15/h9-14,17H,4-8H2,1-3H3,(H,22,26)(H,23,25,27)/t17-/m0/s1. The quantitative estimate of drug-likeness (QED) is 0.715. The first-order valence-electron chi connectivity index (χ1n) is 10.1. The molecule has 0 spiro atoms. The Hall–Kier alpha value is -2.48. The second-order valence-electron chi connectivity index (χ2n) is 7.70. The van der Waals surface area contributed by atoms with Gasteiger partial charge >= 0.3 is 0 Å². The van der Waals surface area contributed by atoms with Crippen LogP contribution in [0.5, 0.6) is 5.75 Å². The maximum Gasteiger partial charge on any atom is 0.249 e. The van der Waals surface area contributed by atoms with Gasteiger partial charge < -0.3 is 10.1 Å². The van der Waals surface area contributed by atoms with Crippen molar-refractivity contribution in [1.82, 2.24) is 15.5 Å².